The molecule has 0 radical (unpaired) electrons. The Kier molecular flexibility index (Phi) is 2.71. The molecule has 6 heteroatoms. The van der Waals surface area contributed by atoms with Gasteiger partial charge in [0.1, 0.15) is 11.2 Å². The Balaban J connectivity index is 1.36. The zero-order valence-corrected chi connectivity index (χ0v) is 13.2. The topological polar surface area (TPSA) is 55.1 Å². The summed E-state index contributed by atoms with van der Waals surface area (Å²) in [5.74, 6) is -0.235. The van der Waals surface area contributed by atoms with Gasteiger partial charge in [-0.1, -0.05) is 6.07 Å². The van der Waals surface area contributed by atoms with Gasteiger partial charge in [0, 0.05) is 11.3 Å². The summed E-state index contributed by atoms with van der Waals surface area (Å²) in [6.07, 6.45) is 0.995. The molecule has 0 saturated heterocycles. The molecule has 3 aromatic rings. The van der Waals surface area contributed by atoms with Crippen molar-refractivity contribution in [3.63, 3.8) is 0 Å². The van der Waals surface area contributed by atoms with Gasteiger partial charge in [-0.2, -0.15) is 0 Å². The smallest absolute Gasteiger partial charge is 0.230 e. The number of nitrogens with one attached hydrogen (secondary N) is 1. The molecule has 1 heterocycles. The maximum atomic E-state index is 13.7. The molecule has 126 valence electrons. The highest BCUT2D eigenvalue weighted by molar-refractivity contribution is 5.98. The Bertz CT molecular complexity index is 990. The normalized spacial score (nSPS) is 26.8. The van der Waals surface area contributed by atoms with Crippen LogP contribution in [-0.2, 0) is 4.79 Å². The predicted molar refractivity (Wildman–Crippen MR) is 88.2 cm³/mol. The highest BCUT2D eigenvalue weighted by Crippen LogP contribution is 2.69. The summed E-state index contributed by atoms with van der Waals surface area (Å²) in [5.41, 5.74) is 0.291. The average Bonchev–Trinajstić information content (AvgIpc) is 2.97. The number of rotatable bonds is 3. The summed E-state index contributed by atoms with van der Waals surface area (Å²) < 4.78 is 32.8. The number of nitrogens with zero attached hydrogens (tertiary/aromatic N) is 1. The zero-order valence-electron chi connectivity index (χ0n) is 13.2. The molecular weight excluding hydrogens is 326 g/mol. The summed E-state index contributed by atoms with van der Waals surface area (Å²) in [7, 11) is 0. The number of para-hydroxylation sites is 1. The summed E-state index contributed by atoms with van der Waals surface area (Å²) >= 11 is 0. The van der Waals surface area contributed by atoms with E-state index >= 15 is 0 Å². The van der Waals surface area contributed by atoms with E-state index in [0.29, 0.717) is 42.0 Å². The van der Waals surface area contributed by atoms with Crippen LogP contribution in [0.15, 0.2) is 46.9 Å². The van der Waals surface area contributed by atoms with Crippen LogP contribution in [0.4, 0.5) is 14.5 Å². The Morgan fingerprint density at radius 2 is 1.84 bits per heavy atom. The van der Waals surface area contributed by atoms with E-state index in [0.717, 1.165) is 0 Å². The van der Waals surface area contributed by atoms with Gasteiger partial charge in [-0.3, -0.25) is 4.79 Å². The zero-order chi connectivity index (χ0) is 17.2. The van der Waals surface area contributed by atoms with Crippen molar-refractivity contribution in [3.05, 3.63) is 48.3 Å². The molecule has 3 aliphatic carbocycles. The van der Waals surface area contributed by atoms with Crippen molar-refractivity contribution in [1.82, 2.24) is 4.98 Å². The van der Waals surface area contributed by atoms with Gasteiger partial charge in [0.15, 0.2) is 11.4 Å². The number of hydrogen-bond acceptors (Lipinski definition) is 3. The molecule has 0 atom stereocenters. The van der Waals surface area contributed by atoms with E-state index in [1.807, 2.05) is 0 Å². The van der Waals surface area contributed by atoms with Crippen LogP contribution in [0.25, 0.3) is 22.6 Å². The van der Waals surface area contributed by atoms with Crippen LogP contribution < -0.4 is 5.32 Å². The lowest BCUT2D eigenvalue weighted by atomic mass is 9.42. The molecule has 2 aromatic carbocycles. The highest BCUT2D eigenvalue weighted by Gasteiger charge is 2.72. The first-order valence-corrected chi connectivity index (χ1v) is 8.12. The van der Waals surface area contributed by atoms with Crippen LogP contribution in [0.2, 0.25) is 0 Å². The Morgan fingerprint density at radius 1 is 1.12 bits per heavy atom. The highest BCUT2D eigenvalue weighted by atomic mass is 19.1. The third-order valence-corrected chi connectivity index (χ3v) is 5.21. The van der Waals surface area contributed by atoms with Gasteiger partial charge >= 0.3 is 0 Å². The summed E-state index contributed by atoms with van der Waals surface area (Å²) in [6, 6.07) is 11.5. The molecule has 0 unspecified atom stereocenters. The standard InChI is InChI=1S/C19H14F2N2O2/c20-13-2-1-3-14-15(13)23-16(25-14)11-4-6-12(7-5-11)22-17(24)18-8-19(21,9-18)10-18/h1-7H,8-10H2,(H,22,24). The lowest BCUT2D eigenvalue weighted by molar-refractivity contribution is -0.209. The van der Waals surface area contributed by atoms with Crippen LogP contribution in [0.5, 0.6) is 0 Å². The number of anilines is 1. The first kappa shape index (κ1) is 14.6. The van der Waals surface area contributed by atoms with E-state index in [1.54, 1.807) is 36.4 Å². The number of alkyl halides is 1. The number of carbonyl (C=O) groups excluding carboxylic acids is 1. The van der Waals surface area contributed by atoms with Crippen molar-refractivity contribution in [2.75, 3.05) is 5.32 Å². The molecule has 2 bridgehead atoms. The summed E-state index contributed by atoms with van der Waals surface area (Å²) in [4.78, 5) is 16.4. The molecule has 1 N–H and O–H groups in total. The van der Waals surface area contributed by atoms with Crippen molar-refractivity contribution in [1.29, 1.82) is 0 Å². The third kappa shape index (κ3) is 2.10. The van der Waals surface area contributed by atoms with E-state index in [9.17, 15) is 13.6 Å². The van der Waals surface area contributed by atoms with E-state index in [-0.39, 0.29) is 11.4 Å². The van der Waals surface area contributed by atoms with Crippen LogP contribution in [0.3, 0.4) is 0 Å². The van der Waals surface area contributed by atoms with Crippen molar-refractivity contribution >= 4 is 22.7 Å². The first-order valence-electron chi connectivity index (χ1n) is 8.12. The molecule has 3 fully saturated rings. The minimum absolute atomic E-state index is 0.122. The number of amides is 1. The summed E-state index contributed by atoms with van der Waals surface area (Å²) in [6.45, 7) is 0. The molecule has 3 aliphatic rings. The summed E-state index contributed by atoms with van der Waals surface area (Å²) in [5, 5.41) is 2.84. The molecule has 0 aliphatic heterocycles. The second kappa shape index (κ2) is 4.65. The Hall–Kier alpha value is -2.76. The first-order chi connectivity index (χ1) is 12.0. The van der Waals surface area contributed by atoms with E-state index in [2.05, 4.69) is 10.3 Å². The van der Waals surface area contributed by atoms with Gasteiger partial charge in [-0.25, -0.2) is 13.8 Å². The lowest BCUT2D eigenvalue weighted by Gasteiger charge is -2.64. The second-order valence-electron chi connectivity index (χ2n) is 7.10. The molecule has 1 amide bonds. The van der Waals surface area contributed by atoms with Crippen LogP contribution in [-0.4, -0.2) is 16.6 Å². The average molecular weight is 340 g/mol. The van der Waals surface area contributed by atoms with Crippen LogP contribution in [0, 0.1) is 11.2 Å². The molecule has 1 aromatic heterocycles. The van der Waals surface area contributed by atoms with Crippen molar-refractivity contribution in [2.45, 2.75) is 24.9 Å². The van der Waals surface area contributed by atoms with E-state index in [4.69, 9.17) is 4.42 Å². The predicted octanol–water partition coefficient (Wildman–Crippen LogP) is 4.46. The van der Waals surface area contributed by atoms with Gasteiger partial charge in [-0.15, -0.1) is 0 Å². The maximum absolute atomic E-state index is 13.7. The fraction of sp³-hybridized carbons (Fsp3) is 0.263. The monoisotopic (exact) mass is 340 g/mol. The number of oxazole rings is 1. The van der Waals surface area contributed by atoms with E-state index in [1.165, 1.54) is 6.07 Å². The number of halogens is 2. The van der Waals surface area contributed by atoms with Crippen molar-refractivity contribution in [2.24, 2.45) is 5.41 Å². The van der Waals surface area contributed by atoms with Gasteiger partial charge in [0.05, 0.1) is 5.41 Å². The number of benzene rings is 2. The van der Waals surface area contributed by atoms with Crippen molar-refractivity contribution in [3.8, 4) is 11.5 Å². The fourth-order valence-corrected chi connectivity index (χ4v) is 3.90. The quantitative estimate of drug-likeness (QED) is 0.766. The molecule has 4 nitrogen and oxygen atoms in total. The molecule has 3 saturated carbocycles. The van der Waals surface area contributed by atoms with Gasteiger partial charge < -0.3 is 9.73 Å². The largest absolute Gasteiger partial charge is 0.436 e. The number of hydrogen-bond donors (Lipinski definition) is 1. The maximum Gasteiger partial charge on any atom is 0.230 e. The number of fused-ring (bicyclic) bond motifs is 1. The van der Waals surface area contributed by atoms with Gasteiger partial charge in [-0.05, 0) is 55.7 Å². The number of carbonyl (C=O) groups is 1. The lowest BCUT2D eigenvalue weighted by Crippen LogP contribution is -2.68. The fourth-order valence-electron chi connectivity index (χ4n) is 3.90. The van der Waals surface area contributed by atoms with Crippen LogP contribution >= 0.6 is 0 Å². The molecule has 25 heavy (non-hydrogen) atoms. The second-order valence-corrected chi connectivity index (χ2v) is 7.10. The third-order valence-electron chi connectivity index (χ3n) is 5.21. The Morgan fingerprint density at radius 3 is 2.48 bits per heavy atom. The minimum atomic E-state index is -1.09. The van der Waals surface area contributed by atoms with Gasteiger partial charge in [0.2, 0.25) is 11.8 Å². The van der Waals surface area contributed by atoms with Gasteiger partial charge in [0.25, 0.3) is 0 Å². The van der Waals surface area contributed by atoms with Crippen LogP contribution in [0.1, 0.15) is 19.3 Å². The SMILES string of the molecule is O=C(Nc1ccc(-c2nc3c(F)cccc3o2)cc1)C12CC(F)(C1)C2. The van der Waals surface area contributed by atoms with E-state index < -0.39 is 16.9 Å². The molecule has 0 spiro atoms. The Labute approximate surface area is 141 Å². The molecular formula is C19H14F2N2O2. The minimum Gasteiger partial charge on any atom is -0.436 e. The number of aromatic nitrogens is 1. The molecule has 6 rings (SSSR count). The van der Waals surface area contributed by atoms with Crippen molar-refractivity contribution < 1.29 is 18.0 Å².